The Kier molecular flexibility index (Phi) is 9.16. The third-order valence-electron chi connectivity index (χ3n) is 2.12. The molecule has 0 aromatic heterocycles. The number of carbonyl (C=O) groups is 2. The van der Waals surface area contributed by atoms with Crippen LogP contribution in [-0.2, 0) is 28.5 Å². The fraction of sp³-hybridized carbons (Fsp3) is 0.846. The highest BCUT2D eigenvalue weighted by molar-refractivity contribution is 5.66. The molecule has 0 aromatic rings. The Bertz CT molecular complexity index is 278. The zero-order chi connectivity index (χ0) is 14.8. The summed E-state index contributed by atoms with van der Waals surface area (Å²) in [5.41, 5.74) is 0. The lowest BCUT2D eigenvalue weighted by molar-refractivity contribution is -0.152. The second kappa shape index (κ2) is 9.75. The number of ether oxygens (including phenoxy) is 4. The van der Waals surface area contributed by atoms with Crippen LogP contribution < -0.4 is 0 Å². The Labute approximate surface area is 114 Å². The molecule has 112 valence electrons. The molecule has 0 saturated carbocycles. The summed E-state index contributed by atoms with van der Waals surface area (Å²) in [7, 11) is 0. The summed E-state index contributed by atoms with van der Waals surface area (Å²) in [5.74, 6) is -0.648. The Morgan fingerprint density at radius 1 is 0.789 bits per heavy atom. The van der Waals surface area contributed by atoms with Crippen molar-refractivity contribution in [1.82, 2.24) is 0 Å². The first-order valence-electron chi connectivity index (χ1n) is 6.35. The van der Waals surface area contributed by atoms with Crippen LogP contribution in [0.2, 0.25) is 0 Å². The molecule has 3 unspecified atom stereocenters. The van der Waals surface area contributed by atoms with Crippen molar-refractivity contribution in [3.8, 4) is 0 Å². The van der Waals surface area contributed by atoms with Crippen LogP contribution in [0.15, 0.2) is 0 Å². The van der Waals surface area contributed by atoms with Crippen molar-refractivity contribution in [3.63, 3.8) is 0 Å². The van der Waals surface area contributed by atoms with Crippen molar-refractivity contribution in [2.75, 3.05) is 19.8 Å². The van der Waals surface area contributed by atoms with Gasteiger partial charge in [0.15, 0.2) is 0 Å². The van der Waals surface area contributed by atoms with E-state index in [1.165, 1.54) is 13.8 Å². The maximum Gasteiger partial charge on any atom is 0.302 e. The molecule has 0 aliphatic heterocycles. The summed E-state index contributed by atoms with van der Waals surface area (Å²) < 4.78 is 20.7. The summed E-state index contributed by atoms with van der Waals surface area (Å²) in [4.78, 5) is 21.3. The van der Waals surface area contributed by atoms with E-state index < -0.39 is 0 Å². The zero-order valence-corrected chi connectivity index (χ0v) is 12.3. The number of carbonyl (C=O) groups excluding carboxylic acids is 2. The van der Waals surface area contributed by atoms with Gasteiger partial charge in [0.1, 0.15) is 12.7 Å². The summed E-state index contributed by atoms with van der Waals surface area (Å²) in [6.45, 7) is 9.09. The molecule has 3 atom stereocenters. The average molecular weight is 276 g/mol. The van der Waals surface area contributed by atoms with Gasteiger partial charge in [-0.15, -0.1) is 0 Å². The van der Waals surface area contributed by atoms with Crippen LogP contribution in [0.1, 0.15) is 34.6 Å². The minimum Gasteiger partial charge on any atom is -0.463 e. The highest BCUT2D eigenvalue weighted by Gasteiger charge is 2.11. The van der Waals surface area contributed by atoms with Crippen LogP contribution in [0.3, 0.4) is 0 Å². The maximum absolute atomic E-state index is 10.7. The number of hydrogen-bond acceptors (Lipinski definition) is 6. The van der Waals surface area contributed by atoms with Crippen LogP contribution in [0.25, 0.3) is 0 Å². The van der Waals surface area contributed by atoms with E-state index in [0.29, 0.717) is 13.2 Å². The van der Waals surface area contributed by atoms with E-state index in [0.717, 1.165) is 0 Å². The second-order valence-electron chi connectivity index (χ2n) is 4.51. The lowest BCUT2D eigenvalue weighted by atomic mass is 10.4. The van der Waals surface area contributed by atoms with Gasteiger partial charge in [-0.3, -0.25) is 9.59 Å². The van der Waals surface area contributed by atoms with E-state index in [-0.39, 0.29) is 36.9 Å². The minimum atomic E-state index is -0.324. The van der Waals surface area contributed by atoms with E-state index in [4.69, 9.17) is 18.9 Å². The monoisotopic (exact) mass is 276 g/mol. The molecule has 0 aromatic carbocycles. The molecular formula is C13H24O6. The molecule has 0 saturated heterocycles. The molecule has 0 amide bonds. The van der Waals surface area contributed by atoms with E-state index in [1.54, 1.807) is 6.92 Å². The molecule has 6 heteroatoms. The predicted octanol–water partition coefficient (Wildman–Crippen LogP) is 1.31. The number of hydrogen-bond donors (Lipinski definition) is 0. The van der Waals surface area contributed by atoms with Crippen molar-refractivity contribution in [2.24, 2.45) is 0 Å². The summed E-state index contributed by atoms with van der Waals surface area (Å²) in [6, 6.07) is 0. The van der Waals surface area contributed by atoms with Gasteiger partial charge in [0.25, 0.3) is 0 Å². The molecule has 0 rings (SSSR count). The van der Waals surface area contributed by atoms with Crippen LogP contribution in [0, 0.1) is 0 Å². The molecule has 6 nitrogen and oxygen atoms in total. The van der Waals surface area contributed by atoms with Gasteiger partial charge in [0.05, 0.1) is 25.4 Å². The van der Waals surface area contributed by atoms with Gasteiger partial charge in [-0.05, 0) is 20.8 Å². The molecule has 0 spiro atoms. The number of rotatable bonds is 9. The third-order valence-corrected chi connectivity index (χ3v) is 2.12. The molecule has 0 fully saturated rings. The topological polar surface area (TPSA) is 71.1 Å². The molecule has 0 bridgehead atoms. The molecular weight excluding hydrogens is 252 g/mol. The van der Waals surface area contributed by atoms with Crippen LogP contribution in [0.5, 0.6) is 0 Å². The largest absolute Gasteiger partial charge is 0.463 e. The van der Waals surface area contributed by atoms with Crippen molar-refractivity contribution < 1.29 is 28.5 Å². The molecule has 0 aliphatic carbocycles. The molecule has 0 radical (unpaired) electrons. The van der Waals surface area contributed by atoms with Crippen molar-refractivity contribution in [1.29, 1.82) is 0 Å². The fourth-order valence-corrected chi connectivity index (χ4v) is 1.25. The highest BCUT2D eigenvalue weighted by atomic mass is 16.6. The fourth-order valence-electron chi connectivity index (χ4n) is 1.25. The average Bonchev–Trinajstić information content (AvgIpc) is 2.30. The van der Waals surface area contributed by atoms with Gasteiger partial charge in [-0.25, -0.2) is 0 Å². The summed E-state index contributed by atoms with van der Waals surface area (Å²) >= 11 is 0. The number of esters is 2. The van der Waals surface area contributed by atoms with E-state index in [1.807, 2.05) is 13.8 Å². The Balaban J connectivity index is 3.65. The predicted molar refractivity (Wildman–Crippen MR) is 68.7 cm³/mol. The zero-order valence-electron chi connectivity index (χ0n) is 12.3. The second-order valence-corrected chi connectivity index (χ2v) is 4.51. The first kappa shape index (κ1) is 17.9. The normalized spacial score (nSPS) is 15.4. The van der Waals surface area contributed by atoms with Gasteiger partial charge >= 0.3 is 11.9 Å². The Morgan fingerprint density at radius 2 is 1.26 bits per heavy atom. The van der Waals surface area contributed by atoms with Crippen LogP contribution in [-0.4, -0.2) is 50.1 Å². The molecule has 0 N–H and O–H groups in total. The third kappa shape index (κ3) is 11.7. The summed E-state index contributed by atoms with van der Waals surface area (Å²) in [5, 5.41) is 0. The lowest BCUT2D eigenvalue weighted by Gasteiger charge is -2.19. The van der Waals surface area contributed by atoms with E-state index >= 15 is 0 Å². The van der Waals surface area contributed by atoms with Gasteiger partial charge in [0.2, 0.25) is 0 Å². The molecule has 19 heavy (non-hydrogen) atoms. The van der Waals surface area contributed by atoms with Gasteiger partial charge in [-0.2, -0.15) is 0 Å². The molecule has 0 aliphatic rings. The van der Waals surface area contributed by atoms with Crippen LogP contribution >= 0.6 is 0 Å². The first-order valence-corrected chi connectivity index (χ1v) is 6.35. The Morgan fingerprint density at radius 3 is 1.74 bits per heavy atom. The maximum atomic E-state index is 10.7. The van der Waals surface area contributed by atoms with E-state index in [9.17, 15) is 9.59 Å². The van der Waals surface area contributed by atoms with Crippen LogP contribution in [0.4, 0.5) is 0 Å². The quantitative estimate of drug-likeness (QED) is 0.591. The highest BCUT2D eigenvalue weighted by Crippen LogP contribution is 2.00. The van der Waals surface area contributed by atoms with Gasteiger partial charge < -0.3 is 18.9 Å². The standard InChI is InChI=1S/C13H24O6/c1-9(17-8-11(3)19-13(5)15)6-16-10(2)7-18-12(4)14/h9-11H,6-8H2,1-5H3. The lowest BCUT2D eigenvalue weighted by Crippen LogP contribution is -2.27. The van der Waals surface area contributed by atoms with Crippen molar-refractivity contribution >= 4 is 11.9 Å². The smallest absolute Gasteiger partial charge is 0.302 e. The molecule has 0 heterocycles. The van der Waals surface area contributed by atoms with Gasteiger partial charge in [-0.1, -0.05) is 0 Å². The summed E-state index contributed by atoms with van der Waals surface area (Å²) in [6.07, 6.45) is -0.586. The minimum absolute atomic E-state index is 0.127. The SMILES string of the molecule is CC(=O)OCC(C)OCC(C)OCC(C)OC(C)=O. The van der Waals surface area contributed by atoms with E-state index in [2.05, 4.69) is 0 Å². The van der Waals surface area contributed by atoms with Crippen molar-refractivity contribution in [2.45, 2.75) is 52.9 Å². The van der Waals surface area contributed by atoms with Gasteiger partial charge in [0, 0.05) is 13.8 Å². The van der Waals surface area contributed by atoms with Crippen molar-refractivity contribution in [3.05, 3.63) is 0 Å². The first-order chi connectivity index (χ1) is 8.81. The Hall–Kier alpha value is -1.14.